The number of imidazole rings is 1. The first-order valence-electron chi connectivity index (χ1n) is 4.66. The monoisotopic (exact) mass is 204 g/mol. The first kappa shape index (κ1) is 9.71. The Morgan fingerprint density at radius 3 is 2.87 bits per heavy atom. The van der Waals surface area contributed by atoms with Crippen molar-refractivity contribution in [1.82, 2.24) is 9.38 Å². The molecule has 4 nitrogen and oxygen atoms in total. The zero-order chi connectivity index (χ0) is 11.0. The van der Waals surface area contributed by atoms with Crippen molar-refractivity contribution in [2.75, 3.05) is 7.11 Å². The molecule has 0 radical (unpaired) electrons. The maximum absolute atomic E-state index is 11.4. The Bertz CT molecular complexity index is 529. The van der Waals surface area contributed by atoms with Crippen molar-refractivity contribution in [3.8, 4) is 0 Å². The highest BCUT2D eigenvalue weighted by Gasteiger charge is 2.12. The average Bonchev–Trinajstić information content (AvgIpc) is 2.61. The predicted molar refractivity (Wildman–Crippen MR) is 56.0 cm³/mol. The van der Waals surface area contributed by atoms with Crippen LogP contribution in [0.3, 0.4) is 0 Å². The number of aromatic nitrogens is 2. The van der Waals surface area contributed by atoms with Crippen molar-refractivity contribution >= 4 is 11.5 Å². The van der Waals surface area contributed by atoms with Gasteiger partial charge in [-0.05, 0) is 25.5 Å². The second-order valence-electron chi connectivity index (χ2n) is 3.41. The van der Waals surface area contributed by atoms with Gasteiger partial charge in [0.05, 0.1) is 24.4 Å². The third-order valence-electron chi connectivity index (χ3n) is 2.57. The van der Waals surface area contributed by atoms with Gasteiger partial charge in [-0.15, -0.1) is 0 Å². The Kier molecular flexibility index (Phi) is 2.19. The van der Waals surface area contributed by atoms with E-state index in [0.717, 1.165) is 16.9 Å². The minimum Gasteiger partial charge on any atom is -0.465 e. The molecule has 2 aromatic rings. The second-order valence-corrected chi connectivity index (χ2v) is 3.41. The molecule has 0 amide bonds. The summed E-state index contributed by atoms with van der Waals surface area (Å²) in [4.78, 5) is 15.6. The van der Waals surface area contributed by atoms with E-state index in [4.69, 9.17) is 4.74 Å². The smallest absolute Gasteiger partial charge is 0.338 e. The van der Waals surface area contributed by atoms with Crippen molar-refractivity contribution in [2.45, 2.75) is 13.8 Å². The number of carbonyl (C=O) groups excluding carboxylic acids is 1. The van der Waals surface area contributed by atoms with Crippen LogP contribution in [0.25, 0.3) is 5.52 Å². The molecule has 0 bridgehead atoms. The number of ether oxygens (including phenoxy) is 1. The fourth-order valence-electron chi connectivity index (χ4n) is 1.66. The van der Waals surface area contributed by atoms with Gasteiger partial charge in [0.1, 0.15) is 5.82 Å². The van der Waals surface area contributed by atoms with Crippen molar-refractivity contribution in [3.63, 3.8) is 0 Å². The van der Waals surface area contributed by atoms with Gasteiger partial charge < -0.3 is 9.14 Å². The van der Waals surface area contributed by atoms with Gasteiger partial charge >= 0.3 is 5.97 Å². The Balaban J connectivity index is 2.71. The van der Waals surface area contributed by atoms with Crippen LogP contribution in [0.5, 0.6) is 0 Å². The van der Waals surface area contributed by atoms with E-state index < -0.39 is 0 Å². The van der Waals surface area contributed by atoms with Gasteiger partial charge in [0, 0.05) is 6.20 Å². The van der Waals surface area contributed by atoms with E-state index in [2.05, 4.69) is 4.98 Å². The molecule has 0 atom stereocenters. The van der Waals surface area contributed by atoms with E-state index in [0.29, 0.717) is 5.56 Å². The lowest BCUT2D eigenvalue weighted by Gasteiger charge is -2.05. The molecular formula is C11H12N2O2. The van der Waals surface area contributed by atoms with Gasteiger partial charge in [-0.25, -0.2) is 9.78 Å². The number of pyridine rings is 1. The van der Waals surface area contributed by atoms with Gasteiger partial charge in [-0.2, -0.15) is 0 Å². The molecule has 2 aromatic heterocycles. The zero-order valence-corrected chi connectivity index (χ0v) is 8.94. The number of hydrogen-bond donors (Lipinski definition) is 0. The Hall–Kier alpha value is -1.84. The second kappa shape index (κ2) is 3.38. The van der Waals surface area contributed by atoms with E-state index in [1.54, 1.807) is 12.3 Å². The van der Waals surface area contributed by atoms with Gasteiger partial charge in [-0.3, -0.25) is 0 Å². The molecule has 4 heteroatoms. The number of nitrogens with zero attached hydrogens (tertiary/aromatic N) is 2. The van der Waals surface area contributed by atoms with E-state index in [1.807, 2.05) is 24.4 Å². The van der Waals surface area contributed by atoms with Crippen LogP contribution in [0.15, 0.2) is 18.5 Å². The van der Waals surface area contributed by atoms with E-state index in [-0.39, 0.29) is 5.97 Å². The van der Waals surface area contributed by atoms with Crippen LogP contribution < -0.4 is 0 Å². The third kappa shape index (κ3) is 1.38. The quantitative estimate of drug-likeness (QED) is 0.664. The van der Waals surface area contributed by atoms with Crippen molar-refractivity contribution in [2.24, 2.45) is 0 Å². The number of hydrogen-bond acceptors (Lipinski definition) is 3. The summed E-state index contributed by atoms with van der Waals surface area (Å²) in [6, 6.07) is 1.75. The molecule has 2 heterocycles. The highest BCUT2D eigenvalue weighted by Crippen LogP contribution is 2.17. The normalized spacial score (nSPS) is 10.6. The summed E-state index contributed by atoms with van der Waals surface area (Å²) in [6.45, 7) is 3.81. The Morgan fingerprint density at radius 1 is 1.47 bits per heavy atom. The SMILES string of the molecule is COC(=O)c1ccn2c(C)ncc2c1C. The number of esters is 1. The summed E-state index contributed by atoms with van der Waals surface area (Å²) < 4.78 is 6.65. The molecule has 0 unspecified atom stereocenters. The number of fused-ring (bicyclic) bond motifs is 1. The van der Waals surface area contributed by atoms with Crippen molar-refractivity contribution in [1.29, 1.82) is 0 Å². The highest BCUT2D eigenvalue weighted by atomic mass is 16.5. The standard InChI is InChI=1S/C11H12N2O2/c1-7-9(11(14)15-3)4-5-13-8(2)12-6-10(7)13/h4-6H,1-3H3. The van der Waals surface area contributed by atoms with Crippen LogP contribution >= 0.6 is 0 Å². The molecule has 0 saturated carbocycles. The van der Waals surface area contributed by atoms with Crippen LogP contribution in [0, 0.1) is 13.8 Å². The number of methoxy groups -OCH3 is 1. The first-order chi connectivity index (χ1) is 7.15. The van der Waals surface area contributed by atoms with E-state index in [1.165, 1.54) is 7.11 Å². The number of aryl methyl sites for hydroxylation is 2. The number of carbonyl (C=O) groups is 1. The van der Waals surface area contributed by atoms with Crippen LogP contribution in [0.2, 0.25) is 0 Å². The molecule has 0 fully saturated rings. The molecule has 0 saturated heterocycles. The molecule has 0 aliphatic carbocycles. The minimum absolute atomic E-state index is 0.311. The highest BCUT2D eigenvalue weighted by molar-refractivity contribution is 5.92. The maximum Gasteiger partial charge on any atom is 0.338 e. The molecule has 0 N–H and O–H groups in total. The molecular weight excluding hydrogens is 192 g/mol. The fraction of sp³-hybridized carbons (Fsp3) is 0.273. The summed E-state index contributed by atoms with van der Waals surface area (Å²) in [5.41, 5.74) is 2.42. The molecule has 0 spiro atoms. The summed E-state index contributed by atoms with van der Waals surface area (Å²) in [7, 11) is 1.38. The molecule has 15 heavy (non-hydrogen) atoms. The molecule has 0 aromatic carbocycles. The molecule has 0 aliphatic heterocycles. The lowest BCUT2D eigenvalue weighted by atomic mass is 10.1. The lowest BCUT2D eigenvalue weighted by molar-refractivity contribution is 0.0600. The summed E-state index contributed by atoms with van der Waals surface area (Å²) in [6.07, 6.45) is 3.59. The lowest BCUT2D eigenvalue weighted by Crippen LogP contribution is -2.05. The van der Waals surface area contributed by atoms with Gasteiger partial charge in [0.25, 0.3) is 0 Å². The maximum atomic E-state index is 11.4. The average molecular weight is 204 g/mol. The molecule has 78 valence electrons. The van der Waals surface area contributed by atoms with E-state index >= 15 is 0 Å². The van der Waals surface area contributed by atoms with Crippen molar-refractivity contribution in [3.05, 3.63) is 35.4 Å². The Morgan fingerprint density at radius 2 is 2.20 bits per heavy atom. The van der Waals surface area contributed by atoms with Crippen LogP contribution in [-0.4, -0.2) is 22.5 Å². The van der Waals surface area contributed by atoms with E-state index in [9.17, 15) is 4.79 Å². The largest absolute Gasteiger partial charge is 0.465 e. The molecule has 0 aliphatic rings. The zero-order valence-electron chi connectivity index (χ0n) is 8.94. The van der Waals surface area contributed by atoms with Gasteiger partial charge in [0.2, 0.25) is 0 Å². The van der Waals surface area contributed by atoms with Gasteiger partial charge in [0.15, 0.2) is 0 Å². The van der Waals surface area contributed by atoms with Crippen molar-refractivity contribution < 1.29 is 9.53 Å². The summed E-state index contributed by atoms with van der Waals surface area (Å²) >= 11 is 0. The Labute approximate surface area is 87.5 Å². The van der Waals surface area contributed by atoms with Gasteiger partial charge in [-0.1, -0.05) is 0 Å². The molecule has 2 rings (SSSR count). The summed E-state index contributed by atoms with van der Waals surface area (Å²) in [5.74, 6) is 0.596. The first-order valence-corrected chi connectivity index (χ1v) is 4.66. The fourth-order valence-corrected chi connectivity index (χ4v) is 1.66. The third-order valence-corrected chi connectivity index (χ3v) is 2.57. The van der Waals surface area contributed by atoms with Crippen LogP contribution in [0.1, 0.15) is 21.7 Å². The predicted octanol–water partition coefficient (Wildman–Crippen LogP) is 1.74. The topological polar surface area (TPSA) is 43.6 Å². The summed E-state index contributed by atoms with van der Waals surface area (Å²) in [5, 5.41) is 0. The minimum atomic E-state index is -0.311. The van der Waals surface area contributed by atoms with Crippen LogP contribution in [0.4, 0.5) is 0 Å². The number of rotatable bonds is 1. The van der Waals surface area contributed by atoms with Crippen LogP contribution in [-0.2, 0) is 4.74 Å².